The Morgan fingerprint density at radius 3 is 2.71 bits per heavy atom. The molecule has 148 valence electrons. The van der Waals surface area contributed by atoms with E-state index in [1.165, 1.54) is 10.5 Å². The Balaban J connectivity index is 2.30. The molecule has 0 fully saturated rings. The molecule has 0 aromatic carbocycles. The molecule has 3 heterocycles. The van der Waals surface area contributed by atoms with Crippen LogP contribution in [0.25, 0.3) is 16.7 Å². The summed E-state index contributed by atoms with van der Waals surface area (Å²) in [5, 5.41) is 11.7. The molecule has 0 unspecified atom stereocenters. The number of rotatable bonds is 7. The van der Waals surface area contributed by atoms with Crippen LogP contribution in [0.4, 0.5) is 0 Å². The van der Waals surface area contributed by atoms with E-state index in [9.17, 15) is 9.59 Å². The van der Waals surface area contributed by atoms with Crippen molar-refractivity contribution in [2.45, 2.75) is 53.0 Å². The molecule has 28 heavy (non-hydrogen) atoms. The summed E-state index contributed by atoms with van der Waals surface area (Å²) in [6.45, 7) is 6.89. The molecule has 0 aliphatic heterocycles. The quantitative estimate of drug-likeness (QED) is 0.487. The van der Waals surface area contributed by atoms with Gasteiger partial charge in [0.05, 0.1) is 10.9 Å². The van der Waals surface area contributed by atoms with Crippen molar-refractivity contribution in [1.29, 1.82) is 5.41 Å². The second-order valence-electron chi connectivity index (χ2n) is 7.02. The minimum Gasteiger partial charge on any atom is -0.352 e. The Labute approximate surface area is 163 Å². The van der Waals surface area contributed by atoms with E-state index in [0.717, 1.165) is 31.2 Å². The summed E-state index contributed by atoms with van der Waals surface area (Å²) < 4.78 is 3.22. The van der Waals surface area contributed by atoms with Crippen LogP contribution in [0.3, 0.4) is 0 Å². The van der Waals surface area contributed by atoms with Gasteiger partial charge in [0.1, 0.15) is 16.8 Å². The highest BCUT2D eigenvalue weighted by Crippen LogP contribution is 2.14. The fourth-order valence-corrected chi connectivity index (χ4v) is 3.44. The third-order valence-corrected chi connectivity index (χ3v) is 4.95. The van der Waals surface area contributed by atoms with Crippen LogP contribution >= 0.6 is 0 Å². The number of pyridine rings is 2. The number of carbonyl (C=O) groups excluding carboxylic acids is 1. The molecule has 0 bridgehead atoms. The maximum atomic E-state index is 13.1. The van der Waals surface area contributed by atoms with E-state index in [1.807, 2.05) is 19.9 Å². The van der Waals surface area contributed by atoms with Gasteiger partial charge in [0.25, 0.3) is 11.5 Å². The van der Waals surface area contributed by atoms with Gasteiger partial charge < -0.3 is 9.88 Å². The van der Waals surface area contributed by atoms with Crippen LogP contribution < -0.4 is 16.4 Å². The molecule has 3 aromatic heterocycles. The predicted octanol–water partition coefficient (Wildman–Crippen LogP) is 2.77. The van der Waals surface area contributed by atoms with Crippen molar-refractivity contribution in [3.8, 4) is 0 Å². The molecule has 2 N–H and O–H groups in total. The van der Waals surface area contributed by atoms with Crippen molar-refractivity contribution >= 4 is 22.6 Å². The normalized spacial score (nSPS) is 11.2. The first-order valence-electron chi connectivity index (χ1n) is 9.87. The lowest BCUT2D eigenvalue weighted by Crippen LogP contribution is -2.35. The standard InChI is InChI=1S/C21H27N5O2/c1-4-6-7-8-11-25-17(22)15(20(27)23-5-2)13-16-19(25)24-18-14(3)10-9-12-26(18)21(16)28/h9-10,12-13,22H,4-8,11H2,1-3H3,(H,23,27). The van der Waals surface area contributed by atoms with Crippen molar-refractivity contribution in [2.75, 3.05) is 6.54 Å². The maximum Gasteiger partial charge on any atom is 0.267 e. The minimum absolute atomic E-state index is 0.0970. The topological polar surface area (TPSA) is 92.2 Å². The number of fused-ring (bicyclic) bond motifs is 2. The molecular formula is C21H27N5O2. The molecular weight excluding hydrogens is 354 g/mol. The minimum atomic E-state index is -0.342. The first-order chi connectivity index (χ1) is 13.5. The average Bonchev–Trinajstić information content (AvgIpc) is 2.67. The molecule has 0 saturated carbocycles. The smallest absolute Gasteiger partial charge is 0.267 e. The lowest BCUT2D eigenvalue weighted by Gasteiger charge is -2.15. The molecule has 0 saturated heterocycles. The van der Waals surface area contributed by atoms with Gasteiger partial charge in [-0.3, -0.25) is 19.4 Å². The molecule has 0 aliphatic rings. The number of nitrogens with zero attached hydrogens (tertiary/aromatic N) is 3. The first kappa shape index (κ1) is 19.8. The van der Waals surface area contributed by atoms with E-state index in [1.54, 1.807) is 16.8 Å². The summed E-state index contributed by atoms with van der Waals surface area (Å²) in [5.74, 6) is -0.342. The van der Waals surface area contributed by atoms with E-state index in [2.05, 4.69) is 12.2 Å². The van der Waals surface area contributed by atoms with E-state index in [4.69, 9.17) is 10.4 Å². The van der Waals surface area contributed by atoms with Gasteiger partial charge in [-0.15, -0.1) is 0 Å². The van der Waals surface area contributed by atoms with Crippen molar-refractivity contribution in [2.24, 2.45) is 0 Å². The Morgan fingerprint density at radius 1 is 1.21 bits per heavy atom. The second kappa shape index (κ2) is 8.37. The van der Waals surface area contributed by atoms with Crippen LogP contribution in [0.5, 0.6) is 0 Å². The lowest BCUT2D eigenvalue weighted by atomic mass is 10.1. The average molecular weight is 381 g/mol. The van der Waals surface area contributed by atoms with Crippen LogP contribution in [0.2, 0.25) is 0 Å². The maximum absolute atomic E-state index is 13.1. The first-order valence-corrected chi connectivity index (χ1v) is 9.87. The molecule has 0 atom stereocenters. The predicted molar refractivity (Wildman–Crippen MR) is 110 cm³/mol. The summed E-state index contributed by atoms with van der Waals surface area (Å²) in [4.78, 5) is 30.3. The summed E-state index contributed by atoms with van der Waals surface area (Å²) in [6, 6.07) is 5.22. The van der Waals surface area contributed by atoms with Crippen LogP contribution in [0, 0.1) is 12.3 Å². The zero-order valence-electron chi connectivity index (χ0n) is 16.7. The summed E-state index contributed by atoms with van der Waals surface area (Å²) in [6.07, 6.45) is 5.80. The SMILES string of the molecule is CCCCCCn1c(=N)c(C(=O)NCC)cc2c(=O)n3cccc(C)c3nc21. The molecule has 0 radical (unpaired) electrons. The van der Waals surface area contributed by atoms with Crippen LogP contribution in [-0.2, 0) is 6.54 Å². The van der Waals surface area contributed by atoms with Gasteiger partial charge in [-0.25, -0.2) is 4.98 Å². The third kappa shape index (κ3) is 3.56. The number of unbranched alkanes of at least 4 members (excludes halogenated alkanes) is 3. The van der Waals surface area contributed by atoms with Gasteiger partial charge in [0.15, 0.2) is 0 Å². The number of amides is 1. The van der Waals surface area contributed by atoms with Gasteiger partial charge in [0.2, 0.25) is 0 Å². The van der Waals surface area contributed by atoms with E-state index >= 15 is 0 Å². The van der Waals surface area contributed by atoms with E-state index in [0.29, 0.717) is 29.8 Å². The molecule has 3 aromatic rings. The van der Waals surface area contributed by atoms with Crippen molar-refractivity contribution in [1.82, 2.24) is 19.3 Å². The number of aryl methyl sites for hydroxylation is 2. The van der Waals surface area contributed by atoms with Crippen molar-refractivity contribution in [3.63, 3.8) is 0 Å². The Kier molecular flexibility index (Phi) is 5.92. The summed E-state index contributed by atoms with van der Waals surface area (Å²) in [7, 11) is 0. The number of hydrogen-bond donors (Lipinski definition) is 2. The molecule has 0 aliphatic carbocycles. The van der Waals surface area contributed by atoms with Crippen molar-refractivity contribution in [3.05, 3.63) is 51.4 Å². The number of carbonyl (C=O) groups is 1. The zero-order chi connectivity index (χ0) is 20.3. The molecule has 1 amide bonds. The summed E-state index contributed by atoms with van der Waals surface area (Å²) in [5.41, 5.74) is 2.01. The fourth-order valence-electron chi connectivity index (χ4n) is 3.44. The fraction of sp³-hybridized carbons (Fsp3) is 0.429. The van der Waals surface area contributed by atoms with Crippen LogP contribution in [0.1, 0.15) is 55.5 Å². The lowest BCUT2D eigenvalue weighted by molar-refractivity contribution is 0.0953. The number of nitrogens with one attached hydrogen (secondary N) is 2. The van der Waals surface area contributed by atoms with Crippen LogP contribution in [-0.4, -0.2) is 26.4 Å². The Bertz CT molecular complexity index is 1140. The van der Waals surface area contributed by atoms with Gasteiger partial charge in [0, 0.05) is 19.3 Å². The second-order valence-corrected chi connectivity index (χ2v) is 7.02. The highest BCUT2D eigenvalue weighted by atomic mass is 16.1. The monoisotopic (exact) mass is 381 g/mol. The highest BCUT2D eigenvalue weighted by Gasteiger charge is 2.17. The Morgan fingerprint density at radius 2 is 2.00 bits per heavy atom. The van der Waals surface area contributed by atoms with Crippen molar-refractivity contribution < 1.29 is 4.79 Å². The molecule has 3 rings (SSSR count). The van der Waals surface area contributed by atoms with Gasteiger partial charge in [-0.2, -0.15) is 0 Å². The molecule has 7 nitrogen and oxygen atoms in total. The van der Waals surface area contributed by atoms with Crippen LogP contribution in [0.15, 0.2) is 29.2 Å². The number of aromatic nitrogens is 3. The van der Waals surface area contributed by atoms with Gasteiger partial charge in [-0.1, -0.05) is 32.3 Å². The van der Waals surface area contributed by atoms with Gasteiger partial charge in [-0.05, 0) is 38.0 Å². The highest BCUT2D eigenvalue weighted by molar-refractivity contribution is 5.96. The summed E-state index contributed by atoms with van der Waals surface area (Å²) >= 11 is 0. The Hall–Kier alpha value is -2.96. The third-order valence-electron chi connectivity index (χ3n) is 4.95. The molecule has 0 spiro atoms. The van der Waals surface area contributed by atoms with E-state index in [-0.39, 0.29) is 22.5 Å². The largest absolute Gasteiger partial charge is 0.352 e. The van der Waals surface area contributed by atoms with E-state index < -0.39 is 0 Å². The molecule has 7 heteroatoms. The zero-order valence-corrected chi connectivity index (χ0v) is 16.7. The van der Waals surface area contributed by atoms with Gasteiger partial charge >= 0.3 is 0 Å². The number of hydrogen-bond acceptors (Lipinski definition) is 4.